The Bertz CT molecular complexity index is 452. The molecule has 1 aliphatic heterocycles. The molecule has 1 N–H and O–H groups in total. The lowest BCUT2D eigenvalue weighted by Crippen LogP contribution is -2.57. The molecule has 0 bridgehead atoms. The number of morpholine rings is 1. The molecule has 2 heterocycles. The summed E-state index contributed by atoms with van der Waals surface area (Å²) in [6.45, 7) is 16.5. The zero-order chi connectivity index (χ0) is 15.0. The van der Waals surface area contributed by atoms with E-state index in [2.05, 4.69) is 51.8 Å². The van der Waals surface area contributed by atoms with Crippen LogP contribution in [0.4, 0.5) is 5.13 Å². The van der Waals surface area contributed by atoms with E-state index in [0.29, 0.717) is 0 Å². The van der Waals surface area contributed by atoms with Crippen molar-refractivity contribution in [1.82, 2.24) is 10.3 Å². The first-order valence-electron chi connectivity index (χ1n) is 7.34. The molecule has 0 spiro atoms. The first-order valence-corrected chi connectivity index (χ1v) is 8.16. The summed E-state index contributed by atoms with van der Waals surface area (Å²) in [4.78, 5) is 8.48. The quantitative estimate of drug-likeness (QED) is 0.927. The molecule has 114 valence electrons. The van der Waals surface area contributed by atoms with Crippen LogP contribution in [0, 0.1) is 6.92 Å². The smallest absolute Gasteiger partial charge is 0.186 e. The minimum atomic E-state index is -0.136. The molecule has 1 aliphatic rings. The Kier molecular flexibility index (Phi) is 4.42. The van der Waals surface area contributed by atoms with Gasteiger partial charge in [-0.15, -0.1) is 11.3 Å². The number of hydrogen-bond donors (Lipinski definition) is 1. The molecule has 1 saturated heterocycles. The van der Waals surface area contributed by atoms with Gasteiger partial charge < -0.3 is 15.0 Å². The standard InChI is InChI=1S/C15H27N3OS/c1-7-16-8-12-11(2)17-13(20-12)18-9-14(3,4)19-15(5,6)10-18/h16H,7-10H2,1-6H3. The Labute approximate surface area is 126 Å². The van der Waals surface area contributed by atoms with Crippen LogP contribution in [0.1, 0.15) is 45.2 Å². The Hall–Kier alpha value is -0.650. The Balaban J connectivity index is 2.18. The maximum absolute atomic E-state index is 6.14. The molecule has 0 aromatic carbocycles. The number of nitrogens with one attached hydrogen (secondary N) is 1. The summed E-state index contributed by atoms with van der Waals surface area (Å²) in [5, 5.41) is 4.51. The fourth-order valence-corrected chi connectivity index (χ4v) is 3.90. The molecular weight excluding hydrogens is 270 g/mol. The SMILES string of the molecule is CCNCc1sc(N2CC(C)(C)OC(C)(C)C2)nc1C. The zero-order valence-electron chi connectivity index (χ0n) is 13.5. The first-order chi connectivity index (χ1) is 9.22. The van der Waals surface area contributed by atoms with Gasteiger partial charge in [-0.2, -0.15) is 0 Å². The van der Waals surface area contributed by atoms with Crippen molar-refractivity contribution in [1.29, 1.82) is 0 Å². The van der Waals surface area contributed by atoms with Crippen LogP contribution in [0.3, 0.4) is 0 Å². The summed E-state index contributed by atoms with van der Waals surface area (Å²) in [7, 11) is 0. The van der Waals surface area contributed by atoms with E-state index in [1.807, 2.05) is 0 Å². The van der Waals surface area contributed by atoms with E-state index in [0.717, 1.165) is 37.0 Å². The third-order valence-corrected chi connectivity index (χ3v) is 4.60. The highest BCUT2D eigenvalue weighted by Crippen LogP contribution is 2.34. The van der Waals surface area contributed by atoms with Gasteiger partial charge in [-0.05, 0) is 41.2 Å². The van der Waals surface area contributed by atoms with Crippen molar-refractivity contribution in [2.24, 2.45) is 0 Å². The molecule has 4 nitrogen and oxygen atoms in total. The van der Waals surface area contributed by atoms with Crippen LogP contribution in [0.15, 0.2) is 0 Å². The van der Waals surface area contributed by atoms with Crippen molar-refractivity contribution >= 4 is 16.5 Å². The van der Waals surface area contributed by atoms with Gasteiger partial charge in [-0.1, -0.05) is 6.92 Å². The Morgan fingerprint density at radius 3 is 2.40 bits per heavy atom. The van der Waals surface area contributed by atoms with Crippen molar-refractivity contribution in [2.45, 2.75) is 59.3 Å². The lowest BCUT2D eigenvalue weighted by Gasteiger charge is -2.47. The lowest BCUT2D eigenvalue weighted by atomic mass is 9.99. The van der Waals surface area contributed by atoms with Gasteiger partial charge >= 0.3 is 0 Å². The second-order valence-corrected chi connectivity index (χ2v) is 7.82. The molecule has 0 radical (unpaired) electrons. The molecule has 5 heteroatoms. The van der Waals surface area contributed by atoms with Crippen LogP contribution >= 0.6 is 11.3 Å². The Morgan fingerprint density at radius 1 is 1.25 bits per heavy atom. The molecule has 0 unspecified atom stereocenters. The van der Waals surface area contributed by atoms with Crippen LogP contribution in [-0.4, -0.2) is 35.8 Å². The molecule has 0 aliphatic carbocycles. The van der Waals surface area contributed by atoms with Gasteiger partial charge in [0.1, 0.15) is 0 Å². The fraction of sp³-hybridized carbons (Fsp3) is 0.800. The molecule has 0 saturated carbocycles. The van der Waals surface area contributed by atoms with Gasteiger partial charge in [0.25, 0.3) is 0 Å². The summed E-state index contributed by atoms with van der Waals surface area (Å²) in [5.41, 5.74) is 0.875. The molecule has 20 heavy (non-hydrogen) atoms. The normalized spacial score (nSPS) is 21.2. The van der Waals surface area contributed by atoms with Gasteiger partial charge in [-0.3, -0.25) is 0 Å². The predicted molar refractivity (Wildman–Crippen MR) is 85.7 cm³/mol. The number of hydrogen-bond acceptors (Lipinski definition) is 5. The summed E-state index contributed by atoms with van der Waals surface area (Å²) in [6, 6.07) is 0. The highest BCUT2D eigenvalue weighted by Gasteiger charge is 2.39. The molecule has 1 fully saturated rings. The van der Waals surface area contributed by atoms with E-state index in [9.17, 15) is 0 Å². The third-order valence-electron chi connectivity index (χ3n) is 3.38. The summed E-state index contributed by atoms with van der Waals surface area (Å²) in [5.74, 6) is 0. The van der Waals surface area contributed by atoms with Crippen molar-refractivity contribution in [2.75, 3.05) is 24.5 Å². The number of rotatable bonds is 4. The first kappa shape index (κ1) is 15.7. The highest BCUT2D eigenvalue weighted by molar-refractivity contribution is 7.15. The van der Waals surface area contributed by atoms with E-state index in [1.54, 1.807) is 11.3 Å². The van der Waals surface area contributed by atoms with Crippen LogP contribution in [0.25, 0.3) is 0 Å². The van der Waals surface area contributed by atoms with Gasteiger partial charge in [-0.25, -0.2) is 4.98 Å². The van der Waals surface area contributed by atoms with E-state index in [1.165, 1.54) is 4.88 Å². The van der Waals surface area contributed by atoms with Gasteiger partial charge in [0.15, 0.2) is 5.13 Å². The Morgan fingerprint density at radius 2 is 1.85 bits per heavy atom. The largest absolute Gasteiger partial charge is 0.366 e. The van der Waals surface area contributed by atoms with Crippen LogP contribution < -0.4 is 10.2 Å². The average molecular weight is 297 g/mol. The summed E-state index contributed by atoms with van der Waals surface area (Å²) in [6.07, 6.45) is 0. The van der Waals surface area contributed by atoms with Gasteiger partial charge in [0, 0.05) is 24.5 Å². The number of ether oxygens (including phenoxy) is 1. The number of thiazole rings is 1. The molecule has 1 aromatic rings. The van der Waals surface area contributed by atoms with E-state index < -0.39 is 0 Å². The third kappa shape index (κ3) is 3.71. The van der Waals surface area contributed by atoms with Gasteiger partial charge in [0.05, 0.1) is 16.9 Å². The second-order valence-electron chi connectivity index (χ2n) is 6.76. The van der Waals surface area contributed by atoms with Crippen molar-refractivity contribution in [3.8, 4) is 0 Å². The summed E-state index contributed by atoms with van der Waals surface area (Å²) < 4.78 is 6.14. The molecule has 2 rings (SSSR count). The van der Waals surface area contributed by atoms with Crippen molar-refractivity contribution in [3.05, 3.63) is 10.6 Å². The molecule has 0 amide bonds. The van der Waals surface area contributed by atoms with Crippen LogP contribution in [0.5, 0.6) is 0 Å². The average Bonchev–Trinajstić information content (AvgIpc) is 2.64. The molecule has 0 atom stereocenters. The van der Waals surface area contributed by atoms with Gasteiger partial charge in [0.2, 0.25) is 0 Å². The maximum Gasteiger partial charge on any atom is 0.186 e. The molecular formula is C15H27N3OS. The zero-order valence-corrected chi connectivity index (χ0v) is 14.4. The number of anilines is 1. The predicted octanol–water partition coefficient (Wildman–Crippen LogP) is 2.95. The van der Waals surface area contributed by atoms with E-state index in [-0.39, 0.29) is 11.2 Å². The van der Waals surface area contributed by atoms with E-state index in [4.69, 9.17) is 9.72 Å². The maximum atomic E-state index is 6.14. The van der Waals surface area contributed by atoms with Crippen molar-refractivity contribution in [3.63, 3.8) is 0 Å². The minimum Gasteiger partial charge on any atom is -0.366 e. The minimum absolute atomic E-state index is 0.136. The number of aryl methyl sites for hydroxylation is 1. The number of nitrogens with zero attached hydrogens (tertiary/aromatic N) is 2. The summed E-state index contributed by atoms with van der Waals surface area (Å²) >= 11 is 1.80. The van der Waals surface area contributed by atoms with Crippen LogP contribution in [0.2, 0.25) is 0 Å². The number of aromatic nitrogens is 1. The molecule has 1 aromatic heterocycles. The second kappa shape index (κ2) is 5.62. The highest BCUT2D eigenvalue weighted by atomic mass is 32.1. The lowest BCUT2D eigenvalue weighted by molar-refractivity contribution is -0.133. The van der Waals surface area contributed by atoms with Crippen molar-refractivity contribution < 1.29 is 4.74 Å². The van der Waals surface area contributed by atoms with Crippen LogP contribution in [-0.2, 0) is 11.3 Å². The topological polar surface area (TPSA) is 37.4 Å². The fourth-order valence-electron chi connectivity index (χ4n) is 2.87. The monoisotopic (exact) mass is 297 g/mol. The van der Waals surface area contributed by atoms with E-state index >= 15 is 0 Å².